The van der Waals surface area contributed by atoms with E-state index in [1.165, 1.54) is 0 Å². The highest BCUT2D eigenvalue weighted by molar-refractivity contribution is 8.00. The lowest BCUT2D eigenvalue weighted by molar-refractivity contribution is -0.141. The molecule has 5 heteroatoms. The third-order valence-electron chi connectivity index (χ3n) is 3.98. The predicted molar refractivity (Wildman–Crippen MR) is 84.7 cm³/mol. The number of carbonyl (C=O) groups is 2. The van der Waals surface area contributed by atoms with E-state index in [-0.39, 0.29) is 11.3 Å². The fourth-order valence-corrected chi connectivity index (χ4v) is 4.13. The third kappa shape index (κ3) is 3.07. The Morgan fingerprint density at radius 3 is 2.71 bits per heavy atom. The molecular weight excluding hydrogens is 286 g/mol. The maximum absolute atomic E-state index is 12.9. The summed E-state index contributed by atoms with van der Waals surface area (Å²) in [6.07, 6.45) is 1.76. The van der Waals surface area contributed by atoms with E-state index < -0.39 is 12.0 Å². The highest BCUT2D eigenvalue weighted by atomic mass is 32.2. The molecule has 1 aromatic carbocycles. The molecule has 21 heavy (non-hydrogen) atoms. The van der Waals surface area contributed by atoms with E-state index in [9.17, 15) is 14.7 Å². The summed E-state index contributed by atoms with van der Waals surface area (Å²) in [6.45, 7) is 5.93. The minimum Gasteiger partial charge on any atom is -0.480 e. The van der Waals surface area contributed by atoms with Crippen molar-refractivity contribution in [1.29, 1.82) is 0 Å². The maximum atomic E-state index is 12.9. The van der Waals surface area contributed by atoms with E-state index in [0.717, 1.165) is 24.0 Å². The largest absolute Gasteiger partial charge is 0.480 e. The Bertz CT molecular complexity index is 558. The topological polar surface area (TPSA) is 57.6 Å². The molecule has 1 aliphatic rings. The van der Waals surface area contributed by atoms with Crippen LogP contribution in [0.4, 0.5) is 0 Å². The van der Waals surface area contributed by atoms with Gasteiger partial charge in [-0.2, -0.15) is 0 Å². The summed E-state index contributed by atoms with van der Waals surface area (Å²) < 4.78 is 0. The second kappa shape index (κ2) is 6.52. The van der Waals surface area contributed by atoms with Crippen molar-refractivity contribution in [2.24, 2.45) is 0 Å². The molecule has 2 atom stereocenters. The summed E-state index contributed by atoms with van der Waals surface area (Å²) in [5.74, 6) is -0.608. The molecular formula is C16H21NO3S. The number of nitrogens with zero attached hydrogens (tertiary/aromatic N) is 1. The molecule has 1 amide bonds. The Hall–Kier alpha value is -1.49. The van der Waals surface area contributed by atoms with Crippen molar-refractivity contribution in [3.8, 4) is 0 Å². The molecule has 1 aliphatic heterocycles. The van der Waals surface area contributed by atoms with E-state index in [1.807, 2.05) is 26.0 Å². The number of aryl methyl sites for hydroxylation is 1. The molecule has 0 spiro atoms. The lowest BCUT2D eigenvalue weighted by atomic mass is 10.0. The molecule has 1 N–H and O–H groups in total. The van der Waals surface area contributed by atoms with Gasteiger partial charge >= 0.3 is 5.97 Å². The van der Waals surface area contributed by atoms with Gasteiger partial charge in [-0.15, -0.1) is 11.8 Å². The zero-order valence-corrected chi connectivity index (χ0v) is 13.4. The first-order valence-corrected chi connectivity index (χ1v) is 8.25. The monoisotopic (exact) mass is 307 g/mol. The summed E-state index contributed by atoms with van der Waals surface area (Å²) in [5.41, 5.74) is 2.59. The predicted octanol–water partition coefficient (Wildman–Crippen LogP) is 3.07. The van der Waals surface area contributed by atoms with E-state index in [4.69, 9.17) is 0 Å². The van der Waals surface area contributed by atoms with Crippen LogP contribution in [0.25, 0.3) is 0 Å². The Labute approximate surface area is 129 Å². The number of amides is 1. The van der Waals surface area contributed by atoms with Gasteiger partial charge in [-0.1, -0.05) is 25.5 Å². The van der Waals surface area contributed by atoms with Crippen LogP contribution in [0.2, 0.25) is 0 Å². The number of hydrogen-bond donors (Lipinski definition) is 1. The second-order valence-corrected chi connectivity index (χ2v) is 6.60. The Morgan fingerprint density at radius 1 is 1.38 bits per heavy atom. The zero-order chi connectivity index (χ0) is 15.6. The van der Waals surface area contributed by atoms with Crippen LogP contribution < -0.4 is 0 Å². The zero-order valence-electron chi connectivity index (χ0n) is 12.6. The first-order chi connectivity index (χ1) is 9.97. The summed E-state index contributed by atoms with van der Waals surface area (Å²) in [5, 5.41) is 9.34. The van der Waals surface area contributed by atoms with Crippen LogP contribution in [0.1, 0.15) is 41.3 Å². The average molecular weight is 307 g/mol. The third-order valence-corrected chi connectivity index (χ3v) is 5.34. The number of carbonyl (C=O) groups excluding carboxylic acids is 1. The van der Waals surface area contributed by atoms with Crippen molar-refractivity contribution < 1.29 is 14.7 Å². The van der Waals surface area contributed by atoms with Gasteiger partial charge in [-0.3, -0.25) is 4.79 Å². The SMILES string of the molecule is CCCC1SCC(C(=O)O)N1C(=O)c1cccc(C)c1C. The van der Waals surface area contributed by atoms with Gasteiger partial charge in [0.2, 0.25) is 0 Å². The molecule has 114 valence electrons. The summed E-state index contributed by atoms with van der Waals surface area (Å²) in [6, 6.07) is 4.88. The van der Waals surface area contributed by atoms with Gasteiger partial charge in [0, 0.05) is 11.3 Å². The van der Waals surface area contributed by atoms with E-state index in [2.05, 4.69) is 6.92 Å². The van der Waals surface area contributed by atoms with Gasteiger partial charge in [0.15, 0.2) is 0 Å². The molecule has 0 saturated carbocycles. The second-order valence-electron chi connectivity index (χ2n) is 5.39. The Morgan fingerprint density at radius 2 is 2.10 bits per heavy atom. The molecule has 1 aromatic rings. The minimum absolute atomic E-state index is 0.0384. The first kappa shape index (κ1) is 15.9. The van der Waals surface area contributed by atoms with Gasteiger partial charge in [0.1, 0.15) is 6.04 Å². The molecule has 0 aromatic heterocycles. The molecule has 0 bridgehead atoms. The van der Waals surface area contributed by atoms with Crippen LogP contribution in [-0.4, -0.2) is 39.1 Å². The minimum atomic E-state index is -0.917. The number of aliphatic carboxylic acids is 1. The standard InChI is InChI=1S/C16H21NO3S/c1-4-6-14-17(13(9-21-14)16(19)20)15(18)12-8-5-7-10(2)11(12)3/h5,7-8,13-14H,4,6,9H2,1-3H3,(H,19,20). The van der Waals surface area contributed by atoms with Crippen LogP contribution in [0.3, 0.4) is 0 Å². The summed E-state index contributed by atoms with van der Waals surface area (Å²) in [7, 11) is 0. The Balaban J connectivity index is 2.37. The van der Waals surface area contributed by atoms with Crippen molar-refractivity contribution >= 4 is 23.6 Å². The molecule has 2 rings (SSSR count). The quantitative estimate of drug-likeness (QED) is 0.929. The summed E-state index contributed by atoms with van der Waals surface area (Å²) in [4.78, 5) is 25.9. The molecule has 1 fully saturated rings. The normalized spacial score (nSPS) is 21.6. The van der Waals surface area contributed by atoms with Crippen molar-refractivity contribution in [3.05, 3.63) is 34.9 Å². The number of carboxylic acid groups (broad SMARTS) is 1. The number of benzene rings is 1. The van der Waals surface area contributed by atoms with Crippen LogP contribution >= 0.6 is 11.8 Å². The van der Waals surface area contributed by atoms with Crippen LogP contribution in [0.15, 0.2) is 18.2 Å². The van der Waals surface area contributed by atoms with E-state index in [1.54, 1.807) is 22.7 Å². The van der Waals surface area contributed by atoms with Crippen LogP contribution in [-0.2, 0) is 4.79 Å². The highest BCUT2D eigenvalue weighted by Crippen LogP contribution is 2.34. The van der Waals surface area contributed by atoms with Gasteiger partial charge in [-0.05, 0) is 37.5 Å². The molecule has 4 nitrogen and oxygen atoms in total. The molecule has 1 saturated heterocycles. The van der Waals surface area contributed by atoms with Crippen LogP contribution in [0, 0.1) is 13.8 Å². The van der Waals surface area contributed by atoms with Crippen molar-refractivity contribution in [2.75, 3.05) is 5.75 Å². The highest BCUT2D eigenvalue weighted by Gasteiger charge is 2.41. The van der Waals surface area contributed by atoms with Crippen molar-refractivity contribution in [2.45, 2.75) is 45.0 Å². The Kier molecular flexibility index (Phi) is 4.93. The number of hydrogen-bond acceptors (Lipinski definition) is 3. The lowest BCUT2D eigenvalue weighted by Crippen LogP contribution is -2.45. The number of rotatable bonds is 4. The summed E-state index contributed by atoms with van der Waals surface area (Å²) >= 11 is 1.57. The number of thioether (sulfide) groups is 1. The average Bonchev–Trinajstić information content (AvgIpc) is 2.85. The van der Waals surface area contributed by atoms with E-state index >= 15 is 0 Å². The molecule has 0 radical (unpaired) electrons. The lowest BCUT2D eigenvalue weighted by Gasteiger charge is -2.28. The smallest absolute Gasteiger partial charge is 0.327 e. The fourth-order valence-electron chi connectivity index (χ4n) is 2.62. The van der Waals surface area contributed by atoms with Crippen molar-refractivity contribution in [1.82, 2.24) is 4.90 Å². The van der Waals surface area contributed by atoms with Gasteiger partial charge in [0.25, 0.3) is 5.91 Å². The van der Waals surface area contributed by atoms with Gasteiger partial charge in [-0.25, -0.2) is 4.79 Å². The molecule has 2 unspecified atom stereocenters. The van der Waals surface area contributed by atoms with Gasteiger partial charge in [0.05, 0.1) is 5.37 Å². The molecule has 0 aliphatic carbocycles. The van der Waals surface area contributed by atoms with E-state index in [0.29, 0.717) is 11.3 Å². The van der Waals surface area contributed by atoms with Crippen molar-refractivity contribution in [3.63, 3.8) is 0 Å². The van der Waals surface area contributed by atoms with Crippen LogP contribution in [0.5, 0.6) is 0 Å². The number of carboxylic acids is 1. The first-order valence-electron chi connectivity index (χ1n) is 7.20. The fraction of sp³-hybridized carbons (Fsp3) is 0.500. The van der Waals surface area contributed by atoms with Gasteiger partial charge < -0.3 is 10.0 Å². The molecule has 1 heterocycles. The maximum Gasteiger partial charge on any atom is 0.327 e.